The quantitative estimate of drug-likeness (QED) is 0.288. The maximum Gasteiger partial charge on any atom is 0.202 e. The number of Topliss-reactive ketones (excluding diaryl/α,β-unsaturated/α-hetero) is 1. The third-order valence-corrected chi connectivity index (χ3v) is 8.13. The van der Waals surface area contributed by atoms with Crippen LogP contribution in [0.25, 0.3) is 0 Å². The minimum Gasteiger partial charge on any atom is -0.507 e. The molecule has 40 heavy (non-hydrogen) atoms. The molecule has 1 aliphatic heterocycles. The first-order valence-electron chi connectivity index (χ1n) is 13.2. The molecule has 3 aliphatic rings. The van der Waals surface area contributed by atoms with E-state index < -0.39 is 88.6 Å². The molecule has 0 amide bonds. The summed E-state index contributed by atoms with van der Waals surface area (Å²) in [6, 6.07) is 3.76. The highest BCUT2D eigenvalue weighted by Gasteiger charge is 2.50. The molecule has 0 saturated carbocycles. The summed E-state index contributed by atoms with van der Waals surface area (Å²) in [5.41, 5.74) is 3.01. The van der Waals surface area contributed by atoms with E-state index in [4.69, 9.17) is 19.9 Å². The topological polar surface area (TPSA) is 186 Å². The predicted octanol–water partition coefficient (Wildman–Crippen LogP) is 1.66. The molecule has 11 heteroatoms. The lowest BCUT2D eigenvalue weighted by Gasteiger charge is -2.42. The lowest BCUT2D eigenvalue weighted by Crippen LogP contribution is -2.53. The summed E-state index contributed by atoms with van der Waals surface area (Å²) in [7, 11) is 1.34. The zero-order valence-corrected chi connectivity index (χ0v) is 22.6. The summed E-state index contributed by atoms with van der Waals surface area (Å²) in [6.07, 6.45) is -4.56. The molecule has 6 atom stereocenters. The van der Waals surface area contributed by atoms with Crippen LogP contribution in [0.3, 0.4) is 0 Å². The van der Waals surface area contributed by atoms with Gasteiger partial charge in [-0.1, -0.05) is 26.0 Å². The fraction of sp³-hybridized carbons (Fsp3) is 0.483. The number of aliphatic hydroxyl groups excluding tert-OH is 1. The summed E-state index contributed by atoms with van der Waals surface area (Å²) in [5, 5.41) is 44.8. The smallest absolute Gasteiger partial charge is 0.202 e. The van der Waals surface area contributed by atoms with Gasteiger partial charge in [0.05, 0.1) is 42.1 Å². The van der Waals surface area contributed by atoms with E-state index in [-0.39, 0.29) is 40.8 Å². The Hall–Kier alpha value is -3.35. The third kappa shape index (κ3) is 4.20. The van der Waals surface area contributed by atoms with Gasteiger partial charge in [0.1, 0.15) is 22.8 Å². The second-order valence-electron chi connectivity index (χ2n) is 11.1. The van der Waals surface area contributed by atoms with Crippen LogP contribution in [0.4, 0.5) is 0 Å². The fourth-order valence-electron chi connectivity index (χ4n) is 6.12. The van der Waals surface area contributed by atoms with E-state index in [1.807, 2.05) is 0 Å². The predicted molar refractivity (Wildman–Crippen MR) is 140 cm³/mol. The van der Waals surface area contributed by atoms with Gasteiger partial charge in [-0.25, -0.2) is 0 Å². The lowest BCUT2D eigenvalue weighted by molar-refractivity contribution is -0.247. The molecule has 2 aromatic carbocycles. The molecule has 0 bridgehead atoms. The molecule has 5 rings (SSSR count). The average Bonchev–Trinajstić information content (AvgIpc) is 2.90. The Morgan fingerprint density at radius 1 is 1.12 bits per heavy atom. The molecule has 1 heterocycles. The number of phenols is 2. The largest absolute Gasteiger partial charge is 0.507 e. The second-order valence-corrected chi connectivity index (χ2v) is 11.1. The van der Waals surface area contributed by atoms with Crippen LogP contribution in [0.5, 0.6) is 17.2 Å². The first kappa shape index (κ1) is 28.2. The van der Waals surface area contributed by atoms with E-state index >= 15 is 0 Å². The van der Waals surface area contributed by atoms with Crippen LogP contribution < -0.4 is 10.5 Å². The van der Waals surface area contributed by atoms with E-state index in [0.29, 0.717) is 0 Å². The molecule has 2 aromatic rings. The van der Waals surface area contributed by atoms with Crippen molar-refractivity contribution in [1.82, 2.24) is 0 Å². The Kier molecular flexibility index (Phi) is 7.00. The van der Waals surface area contributed by atoms with Gasteiger partial charge in [0.25, 0.3) is 0 Å². The Bertz CT molecular complexity index is 1410. The van der Waals surface area contributed by atoms with Crippen molar-refractivity contribution in [1.29, 1.82) is 0 Å². The Morgan fingerprint density at radius 3 is 2.42 bits per heavy atom. The number of rotatable bonds is 5. The second kappa shape index (κ2) is 9.93. The van der Waals surface area contributed by atoms with Crippen LogP contribution in [0.2, 0.25) is 0 Å². The summed E-state index contributed by atoms with van der Waals surface area (Å²) >= 11 is 0. The molecule has 0 radical (unpaired) electrons. The number of ketones is 3. The Balaban J connectivity index is 1.69. The SMILES string of the molecule is COc1cccc2c1C(=O)c1c(O)c3c(c(O)c1C2=O)C[C@@](O)(C(=O)C(C)C)C[C@@H]3O[C@H]1C[C@H](N)[C@H](O)[C@H](C)O1. The summed E-state index contributed by atoms with van der Waals surface area (Å²) in [5.74, 6) is -3.66. The highest BCUT2D eigenvalue weighted by atomic mass is 16.7. The molecular formula is C29H33NO10. The number of methoxy groups -OCH3 is 1. The van der Waals surface area contributed by atoms with Crippen molar-refractivity contribution in [2.24, 2.45) is 11.7 Å². The molecule has 6 N–H and O–H groups in total. The molecule has 11 nitrogen and oxygen atoms in total. The number of ether oxygens (including phenoxy) is 3. The number of carbonyl (C=O) groups is 3. The molecule has 0 unspecified atom stereocenters. The molecule has 0 spiro atoms. The van der Waals surface area contributed by atoms with E-state index in [2.05, 4.69) is 0 Å². The lowest BCUT2D eigenvalue weighted by atomic mass is 9.70. The van der Waals surface area contributed by atoms with Crippen molar-refractivity contribution in [3.05, 3.63) is 51.6 Å². The van der Waals surface area contributed by atoms with Gasteiger partial charge in [0.15, 0.2) is 17.9 Å². The van der Waals surface area contributed by atoms with Crippen LogP contribution in [0.15, 0.2) is 18.2 Å². The van der Waals surface area contributed by atoms with Gasteiger partial charge in [-0.05, 0) is 13.0 Å². The minimum absolute atomic E-state index is 0.0132. The summed E-state index contributed by atoms with van der Waals surface area (Å²) in [4.78, 5) is 40.5. The number of phenolic OH excluding ortho intramolecular Hbond substituents is 2. The van der Waals surface area contributed by atoms with Crippen LogP contribution in [-0.2, 0) is 20.7 Å². The van der Waals surface area contributed by atoms with Gasteiger partial charge in [-0.3, -0.25) is 14.4 Å². The van der Waals surface area contributed by atoms with Gasteiger partial charge in [-0.15, -0.1) is 0 Å². The Labute approximate surface area is 230 Å². The number of hydrogen-bond acceptors (Lipinski definition) is 11. The zero-order valence-electron chi connectivity index (χ0n) is 22.6. The van der Waals surface area contributed by atoms with Gasteiger partial charge in [-0.2, -0.15) is 0 Å². The zero-order chi connectivity index (χ0) is 29.3. The van der Waals surface area contributed by atoms with Crippen molar-refractivity contribution < 1.29 is 49.0 Å². The van der Waals surface area contributed by atoms with Crippen molar-refractivity contribution in [3.63, 3.8) is 0 Å². The molecule has 1 fully saturated rings. The molecule has 2 aliphatic carbocycles. The molecule has 214 valence electrons. The highest BCUT2D eigenvalue weighted by Crippen LogP contribution is 2.52. The molecule has 0 aromatic heterocycles. The van der Waals surface area contributed by atoms with E-state index in [9.17, 15) is 34.8 Å². The third-order valence-electron chi connectivity index (χ3n) is 8.13. The first-order valence-corrected chi connectivity index (χ1v) is 13.2. The van der Waals surface area contributed by atoms with Gasteiger partial charge >= 0.3 is 0 Å². The molecular weight excluding hydrogens is 522 g/mol. The maximum absolute atomic E-state index is 13.7. The van der Waals surface area contributed by atoms with Crippen molar-refractivity contribution in [2.45, 2.75) is 76.3 Å². The van der Waals surface area contributed by atoms with Gasteiger partial charge < -0.3 is 40.4 Å². The normalized spacial score (nSPS) is 29.6. The first-order chi connectivity index (χ1) is 18.8. The van der Waals surface area contributed by atoms with E-state index in [0.717, 1.165) is 0 Å². The van der Waals surface area contributed by atoms with Gasteiger partial charge in [0, 0.05) is 47.9 Å². The van der Waals surface area contributed by atoms with Gasteiger partial charge in [0.2, 0.25) is 5.78 Å². The number of aromatic hydroxyl groups is 2. The number of benzene rings is 2. The van der Waals surface area contributed by atoms with Crippen molar-refractivity contribution in [2.75, 3.05) is 7.11 Å². The van der Waals surface area contributed by atoms with Crippen LogP contribution in [0.1, 0.15) is 82.7 Å². The Morgan fingerprint density at radius 2 is 1.80 bits per heavy atom. The minimum atomic E-state index is -2.02. The van der Waals surface area contributed by atoms with Crippen molar-refractivity contribution >= 4 is 17.3 Å². The molecule has 1 saturated heterocycles. The standard InChI is InChI=1S/C29H33NO10/c1-11(2)28(36)29(37)9-14-20(17(10-29)40-18-8-15(30)23(31)12(3)39-18)27(35)22-21(25(14)33)24(32)13-6-5-7-16(38-4)19(13)26(22)34/h5-7,11-12,15,17-18,23,31,33,35,37H,8-10,30H2,1-4H3/t12-,15-,17-,18-,23+,29-/m0/s1. The van der Waals surface area contributed by atoms with E-state index in [1.165, 1.54) is 25.3 Å². The number of fused-ring (bicyclic) bond motifs is 3. The fourth-order valence-corrected chi connectivity index (χ4v) is 6.12. The van der Waals surface area contributed by atoms with Crippen LogP contribution in [0, 0.1) is 5.92 Å². The van der Waals surface area contributed by atoms with Crippen molar-refractivity contribution in [3.8, 4) is 17.2 Å². The number of nitrogens with two attached hydrogens (primary N) is 1. The summed E-state index contributed by atoms with van der Waals surface area (Å²) in [6.45, 7) is 4.85. The average molecular weight is 556 g/mol. The summed E-state index contributed by atoms with van der Waals surface area (Å²) < 4.78 is 17.2. The number of carbonyl (C=O) groups excluding carboxylic acids is 3. The maximum atomic E-state index is 13.7. The number of hydrogen-bond donors (Lipinski definition) is 5. The van der Waals surface area contributed by atoms with Crippen LogP contribution >= 0.6 is 0 Å². The highest BCUT2D eigenvalue weighted by molar-refractivity contribution is 6.31. The van der Waals surface area contributed by atoms with E-state index in [1.54, 1.807) is 20.8 Å². The van der Waals surface area contributed by atoms with Crippen LogP contribution in [-0.4, -0.2) is 75.0 Å². The number of aliphatic hydroxyl groups is 2. The monoisotopic (exact) mass is 555 g/mol.